The molecule has 0 aliphatic heterocycles. The first-order valence-corrected chi connectivity index (χ1v) is 7.91. The second-order valence-corrected chi connectivity index (χ2v) is 5.81. The lowest BCUT2D eigenvalue weighted by molar-refractivity contribution is -0.144. The van der Waals surface area contributed by atoms with Crippen LogP contribution in [0, 0.1) is 11.8 Å². The van der Waals surface area contributed by atoms with Crippen LogP contribution in [-0.4, -0.2) is 36.0 Å². The zero-order valence-corrected chi connectivity index (χ0v) is 13.0. The van der Waals surface area contributed by atoms with E-state index in [1.54, 1.807) is 24.3 Å². The highest BCUT2D eigenvalue weighted by Gasteiger charge is 2.30. The Hall–Kier alpha value is -2.37. The molecule has 0 radical (unpaired) electrons. The second-order valence-electron chi connectivity index (χ2n) is 5.81. The summed E-state index contributed by atoms with van der Waals surface area (Å²) in [4.78, 5) is 34.9. The molecular weight excluding hydrogens is 296 g/mol. The summed E-state index contributed by atoms with van der Waals surface area (Å²) in [6, 6.07) is 8.87. The number of benzene rings is 1. The van der Waals surface area contributed by atoms with Gasteiger partial charge >= 0.3 is 5.97 Å². The van der Waals surface area contributed by atoms with Crippen LogP contribution in [0.4, 0.5) is 0 Å². The van der Waals surface area contributed by atoms with Crippen molar-refractivity contribution in [1.82, 2.24) is 10.6 Å². The normalized spacial score (nSPS) is 20.5. The van der Waals surface area contributed by atoms with Gasteiger partial charge in [0.15, 0.2) is 0 Å². The Bertz CT molecular complexity index is 559. The fraction of sp³-hybridized carbons (Fsp3) is 0.471. The Kier molecular flexibility index (Phi) is 6.14. The van der Waals surface area contributed by atoms with Gasteiger partial charge in [-0.25, -0.2) is 0 Å². The zero-order chi connectivity index (χ0) is 16.7. The van der Waals surface area contributed by atoms with Crippen molar-refractivity contribution < 1.29 is 19.5 Å². The summed E-state index contributed by atoms with van der Waals surface area (Å²) in [6.45, 7) is 0.681. The van der Waals surface area contributed by atoms with Crippen molar-refractivity contribution in [1.29, 1.82) is 0 Å². The van der Waals surface area contributed by atoms with Gasteiger partial charge in [0.1, 0.15) is 0 Å². The maximum Gasteiger partial charge on any atom is 0.306 e. The van der Waals surface area contributed by atoms with Gasteiger partial charge in [0.2, 0.25) is 5.91 Å². The van der Waals surface area contributed by atoms with E-state index in [2.05, 4.69) is 10.6 Å². The van der Waals surface area contributed by atoms with E-state index in [9.17, 15) is 14.4 Å². The highest BCUT2D eigenvalue weighted by atomic mass is 16.4. The van der Waals surface area contributed by atoms with Crippen LogP contribution in [-0.2, 0) is 9.59 Å². The molecule has 0 bridgehead atoms. The van der Waals surface area contributed by atoms with Gasteiger partial charge < -0.3 is 15.7 Å². The molecule has 1 aromatic rings. The Balaban J connectivity index is 1.68. The van der Waals surface area contributed by atoms with E-state index in [4.69, 9.17) is 5.11 Å². The summed E-state index contributed by atoms with van der Waals surface area (Å²) in [6.07, 6.45) is 2.54. The molecule has 3 N–H and O–H groups in total. The molecule has 2 amide bonds. The summed E-state index contributed by atoms with van der Waals surface area (Å²) in [5, 5.41) is 14.6. The lowest BCUT2D eigenvalue weighted by atomic mass is 9.81. The quantitative estimate of drug-likeness (QED) is 0.691. The average Bonchev–Trinajstić information content (AvgIpc) is 2.59. The Morgan fingerprint density at radius 2 is 1.65 bits per heavy atom. The molecule has 2 rings (SSSR count). The molecule has 2 unspecified atom stereocenters. The van der Waals surface area contributed by atoms with E-state index in [1.807, 2.05) is 6.07 Å². The summed E-state index contributed by atoms with van der Waals surface area (Å²) in [5.74, 6) is -1.78. The second kappa shape index (κ2) is 8.31. The first kappa shape index (κ1) is 17.0. The molecule has 1 aromatic carbocycles. The molecule has 6 nitrogen and oxygen atoms in total. The number of aliphatic carboxylic acids is 1. The smallest absolute Gasteiger partial charge is 0.306 e. The van der Waals surface area contributed by atoms with E-state index >= 15 is 0 Å². The third-order valence-electron chi connectivity index (χ3n) is 4.14. The van der Waals surface area contributed by atoms with Crippen LogP contribution >= 0.6 is 0 Å². The maximum absolute atomic E-state index is 12.1. The number of hydrogen-bond acceptors (Lipinski definition) is 3. The van der Waals surface area contributed by atoms with Crippen molar-refractivity contribution in [3.05, 3.63) is 35.9 Å². The number of rotatable bonds is 6. The van der Waals surface area contributed by atoms with Crippen molar-refractivity contribution in [2.75, 3.05) is 13.1 Å². The Morgan fingerprint density at radius 1 is 1.00 bits per heavy atom. The van der Waals surface area contributed by atoms with Gasteiger partial charge in [-0.3, -0.25) is 14.4 Å². The number of nitrogens with one attached hydrogen (secondary N) is 2. The molecule has 1 aliphatic carbocycles. The molecule has 2 atom stereocenters. The Morgan fingerprint density at radius 3 is 2.35 bits per heavy atom. The van der Waals surface area contributed by atoms with Crippen LogP contribution in [0.25, 0.3) is 0 Å². The minimum absolute atomic E-state index is 0.120. The lowest BCUT2D eigenvalue weighted by Crippen LogP contribution is -2.39. The third-order valence-corrected chi connectivity index (χ3v) is 4.14. The largest absolute Gasteiger partial charge is 0.481 e. The van der Waals surface area contributed by atoms with Crippen molar-refractivity contribution in [2.24, 2.45) is 11.8 Å². The van der Waals surface area contributed by atoms with Gasteiger partial charge in [0, 0.05) is 24.6 Å². The van der Waals surface area contributed by atoms with Crippen LogP contribution in [0.2, 0.25) is 0 Å². The van der Waals surface area contributed by atoms with E-state index in [1.165, 1.54) is 0 Å². The summed E-state index contributed by atoms with van der Waals surface area (Å²) in [7, 11) is 0. The minimum Gasteiger partial charge on any atom is -0.481 e. The molecule has 0 spiro atoms. The topological polar surface area (TPSA) is 95.5 Å². The van der Waals surface area contributed by atoms with Crippen LogP contribution in [0.1, 0.15) is 36.0 Å². The molecule has 124 valence electrons. The van der Waals surface area contributed by atoms with E-state index < -0.39 is 11.9 Å². The number of amides is 2. The van der Waals surface area contributed by atoms with Crippen LogP contribution in [0.3, 0.4) is 0 Å². The van der Waals surface area contributed by atoms with Gasteiger partial charge in [0.25, 0.3) is 5.91 Å². The molecule has 1 saturated carbocycles. The third kappa shape index (κ3) is 5.09. The summed E-state index contributed by atoms with van der Waals surface area (Å²) in [5.41, 5.74) is 0.579. The van der Waals surface area contributed by atoms with Crippen molar-refractivity contribution in [3.63, 3.8) is 0 Å². The predicted molar refractivity (Wildman–Crippen MR) is 84.9 cm³/mol. The van der Waals surface area contributed by atoms with Crippen molar-refractivity contribution in [2.45, 2.75) is 25.7 Å². The van der Waals surface area contributed by atoms with Crippen molar-refractivity contribution in [3.8, 4) is 0 Å². The summed E-state index contributed by atoms with van der Waals surface area (Å²) < 4.78 is 0. The first-order chi connectivity index (χ1) is 11.1. The molecular formula is C17H22N2O4. The number of carboxylic acid groups (broad SMARTS) is 1. The van der Waals surface area contributed by atoms with E-state index in [0.29, 0.717) is 31.5 Å². The number of carbonyl (C=O) groups is 3. The molecule has 23 heavy (non-hydrogen) atoms. The highest BCUT2D eigenvalue weighted by molar-refractivity contribution is 5.94. The molecule has 1 aliphatic rings. The first-order valence-electron chi connectivity index (χ1n) is 7.91. The SMILES string of the molecule is O=C(NCCNC(=O)C1CCCC(C(=O)O)C1)c1ccccc1. The van der Waals surface area contributed by atoms with Crippen LogP contribution in [0.15, 0.2) is 30.3 Å². The minimum atomic E-state index is -0.822. The Labute approximate surface area is 135 Å². The number of carboxylic acids is 1. The molecule has 1 fully saturated rings. The monoisotopic (exact) mass is 318 g/mol. The summed E-state index contributed by atoms with van der Waals surface area (Å²) >= 11 is 0. The van der Waals surface area contributed by atoms with Gasteiger partial charge in [0.05, 0.1) is 5.92 Å². The van der Waals surface area contributed by atoms with Gasteiger partial charge in [-0.15, -0.1) is 0 Å². The lowest BCUT2D eigenvalue weighted by Gasteiger charge is -2.25. The fourth-order valence-corrected chi connectivity index (χ4v) is 2.85. The standard InChI is InChI=1S/C17H22N2O4/c20-15(12-5-2-1-3-6-12)18-9-10-19-16(21)13-7-4-8-14(11-13)17(22)23/h1-3,5-6,13-14H,4,7-11H2,(H,18,20)(H,19,21)(H,22,23). The predicted octanol–water partition coefficient (Wildman–Crippen LogP) is 1.42. The van der Waals surface area contributed by atoms with Gasteiger partial charge in [-0.05, 0) is 31.4 Å². The maximum atomic E-state index is 12.1. The van der Waals surface area contributed by atoms with Gasteiger partial charge in [-0.2, -0.15) is 0 Å². The zero-order valence-electron chi connectivity index (χ0n) is 13.0. The molecule has 0 saturated heterocycles. The molecule has 6 heteroatoms. The van der Waals surface area contributed by atoms with E-state index in [0.717, 1.165) is 12.8 Å². The highest BCUT2D eigenvalue weighted by Crippen LogP contribution is 2.29. The van der Waals surface area contributed by atoms with Crippen molar-refractivity contribution >= 4 is 17.8 Å². The molecule has 0 heterocycles. The van der Waals surface area contributed by atoms with Gasteiger partial charge in [-0.1, -0.05) is 24.6 Å². The van der Waals surface area contributed by atoms with Crippen LogP contribution < -0.4 is 10.6 Å². The van der Waals surface area contributed by atoms with E-state index in [-0.39, 0.29) is 17.7 Å². The number of hydrogen-bond donors (Lipinski definition) is 3. The number of carbonyl (C=O) groups excluding carboxylic acids is 2. The fourth-order valence-electron chi connectivity index (χ4n) is 2.85. The average molecular weight is 318 g/mol. The van der Waals surface area contributed by atoms with Crippen LogP contribution in [0.5, 0.6) is 0 Å². The molecule has 0 aromatic heterocycles.